The van der Waals surface area contributed by atoms with Crippen LogP contribution in [0, 0.1) is 0 Å². The van der Waals surface area contributed by atoms with Crippen LogP contribution in [0.5, 0.6) is 11.5 Å². The molecule has 0 radical (unpaired) electrons. The van der Waals surface area contributed by atoms with E-state index in [1.165, 1.54) is 24.3 Å². The first-order valence-electron chi connectivity index (χ1n) is 7.76. The van der Waals surface area contributed by atoms with Crippen LogP contribution in [-0.4, -0.2) is 28.7 Å². The zero-order valence-electron chi connectivity index (χ0n) is 14.4. The van der Waals surface area contributed by atoms with Crippen LogP contribution in [0.15, 0.2) is 42.5 Å². The number of aromatic carboxylic acids is 1. The van der Waals surface area contributed by atoms with E-state index in [9.17, 15) is 14.7 Å². The van der Waals surface area contributed by atoms with E-state index in [-0.39, 0.29) is 29.2 Å². The first-order chi connectivity index (χ1) is 11.7. The molecular weight excluding hydrogens is 322 g/mol. The average Bonchev–Trinajstić information content (AvgIpc) is 2.54. The fraction of sp³-hybridized carbons (Fsp3) is 0.263. The summed E-state index contributed by atoms with van der Waals surface area (Å²) in [5, 5.41) is 21.0. The Morgan fingerprint density at radius 2 is 1.72 bits per heavy atom. The zero-order chi connectivity index (χ0) is 18.6. The number of carbonyl (C=O) groups is 2. The molecule has 0 fully saturated rings. The van der Waals surface area contributed by atoms with Crippen LogP contribution in [0.4, 0.5) is 5.69 Å². The number of benzene rings is 2. The number of nitrogens with one attached hydrogen (secondary N) is 1. The first kappa shape index (κ1) is 18.3. The van der Waals surface area contributed by atoms with Crippen LogP contribution < -0.4 is 10.1 Å². The highest BCUT2D eigenvalue weighted by Crippen LogP contribution is 2.32. The van der Waals surface area contributed by atoms with Crippen molar-refractivity contribution >= 4 is 17.6 Å². The fourth-order valence-electron chi connectivity index (χ4n) is 2.28. The van der Waals surface area contributed by atoms with Crippen molar-refractivity contribution in [2.45, 2.75) is 26.2 Å². The number of amides is 1. The lowest BCUT2D eigenvalue weighted by Crippen LogP contribution is -2.22. The third-order valence-corrected chi connectivity index (χ3v) is 3.55. The lowest BCUT2D eigenvalue weighted by atomic mass is 9.86. The molecule has 3 N–H and O–H groups in total. The Morgan fingerprint density at radius 3 is 2.28 bits per heavy atom. The van der Waals surface area contributed by atoms with Gasteiger partial charge in [0.25, 0.3) is 5.91 Å². The minimum absolute atomic E-state index is 0.0990. The molecule has 6 heteroatoms. The summed E-state index contributed by atoms with van der Waals surface area (Å²) in [6.07, 6.45) is 0. The fourth-order valence-corrected chi connectivity index (χ4v) is 2.28. The van der Waals surface area contributed by atoms with Gasteiger partial charge in [-0.3, -0.25) is 4.79 Å². The molecule has 0 unspecified atom stereocenters. The van der Waals surface area contributed by atoms with Crippen LogP contribution >= 0.6 is 0 Å². The molecule has 0 aliphatic heterocycles. The molecule has 1 amide bonds. The van der Waals surface area contributed by atoms with Gasteiger partial charge in [-0.2, -0.15) is 0 Å². The molecule has 0 aromatic heterocycles. The van der Waals surface area contributed by atoms with E-state index >= 15 is 0 Å². The van der Waals surface area contributed by atoms with E-state index in [0.29, 0.717) is 11.4 Å². The molecule has 2 aromatic rings. The van der Waals surface area contributed by atoms with Crippen molar-refractivity contribution in [3.63, 3.8) is 0 Å². The summed E-state index contributed by atoms with van der Waals surface area (Å²) in [6.45, 7) is 5.68. The quantitative estimate of drug-likeness (QED) is 0.723. The maximum absolute atomic E-state index is 12.0. The van der Waals surface area contributed by atoms with Gasteiger partial charge in [-0.1, -0.05) is 26.8 Å². The minimum Gasteiger partial charge on any atom is -0.508 e. The normalized spacial score (nSPS) is 11.0. The van der Waals surface area contributed by atoms with Gasteiger partial charge in [-0.05, 0) is 47.4 Å². The van der Waals surface area contributed by atoms with E-state index in [1.807, 2.05) is 20.8 Å². The molecule has 132 valence electrons. The summed E-state index contributed by atoms with van der Waals surface area (Å²) in [7, 11) is 0. The predicted octanol–water partition coefficient (Wildman–Crippen LogP) is 3.41. The molecule has 25 heavy (non-hydrogen) atoms. The summed E-state index contributed by atoms with van der Waals surface area (Å²) in [5.41, 5.74) is 1.18. The lowest BCUT2D eigenvalue weighted by molar-refractivity contribution is -0.118. The van der Waals surface area contributed by atoms with E-state index in [1.54, 1.807) is 18.2 Å². The Balaban J connectivity index is 2.12. The Labute approximate surface area is 146 Å². The summed E-state index contributed by atoms with van der Waals surface area (Å²) < 4.78 is 5.59. The maximum atomic E-state index is 12.0. The summed E-state index contributed by atoms with van der Waals surface area (Å²) in [6, 6.07) is 10.7. The van der Waals surface area contributed by atoms with Crippen molar-refractivity contribution < 1.29 is 24.5 Å². The molecule has 0 spiro atoms. The Hall–Kier alpha value is -3.02. The standard InChI is InChI=1S/C19H21NO5/c1-19(2,3)15-9-4-12(18(23)24)10-16(15)25-11-17(22)20-13-5-7-14(21)8-6-13/h4-10,21H,11H2,1-3H3,(H,20,22)(H,23,24). The van der Waals surface area contributed by atoms with Crippen molar-refractivity contribution in [2.75, 3.05) is 11.9 Å². The molecule has 0 saturated carbocycles. The second-order valence-corrected chi connectivity index (χ2v) is 6.65. The van der Waals surface area contributed by atoms with Crippen LogP contribution in [0.2, 0.25) is 0 Å². The number of hydrogen-bond donors (Lipinski definition) is 3. The smallest absolute Gasteiger partial charge is 0.335 e. The van der Waals surface area contributed by atoms with Crippen molar-refractivity contribution in [1.82, 2.24) is 0 Å². The largest absolute Gasteiger partial charge is 0.508 e. The Bertz CT molecular complexity index is 775. The number of phenols is 1. The second kappa shape index (κ2) is 7.25. The van der Waals surface area contributed by atoms with Crippen LogP contribution in [-0.2, 0) is 10.2 Å². The number of carboxylic acids is 1. The predicted molar refractivity (Wildman–Crippen MR) is 94.3 cm³/mol. The van der Waals surface area contributed by atoms with E-state index in [0.717, 1.165) is 5.56 Å². The summed E-state index contributed by atoms with van der Waals surface area (Å²) >= 11 is 0. The van der Waals surface area contributed by atoms with Crippen LogP contribution in [0.3, 0.4) is 0 Å². The third kappa shape index (κ3) is 4.97. The molecule has 6 nitrogen and oxygen atoms in total. The number of phenolic OH excluding ortho intramolecular Hbond substituents is 1. The van der Waals surface area contributed by atoms with Crippen molar-refractivity contribution in [3.05, 3.63) is 53.6 Å². The van der Waals surface area contributed by atoms with Crippen LogP contribution in [0.1, 0.15) is 36.7 Å². The zero-order valence-corrected chi connectivity index (χ0v) is 14.4. The molecule has 0 heterocycles. The van der Waals surface area contributed by atoms with Crippen molar-refractivity contribution in [3.8, 4) is 11.5 Å². The van der Waals surface area contributed by atoms with Gasteiger partial charge in [0, 0.05) is 5.69 Å². The van der Waals surface area contributed by atoms with Gasteiger partial charge in [0.2, 0.25) is 0 Å². The molecule has 2 rings (SSSR count). The SMILES string of the molecule is CC(C)(C)c1ccc(C(=O)O)cc1OCC(=O)Nc1ccc(O)cc1. The molecule has 0 saturated heterocycles. The number of hydrogen-bond acceptors (Lipinski definition) is 4. The first-order valence-corrected chi connectivity index (χ1v) is 7.76. The van der Waals surface area contributed by atoms with E-state index in [2.05, 4.69) is 5.32 Å². The number of ether oxygens (including phenoxy) is 1. The van der Waals surface area contributed by atoms with Gasteiger partial charge < -0.3 is 20.3 Å². The van der Waals surface area contributed by atoms with Gasteiger partial charge in [0.1, 0.15) is 11.5 Å². The monoisotopic (exact) mass is 343 g/mol. The number of carbonyl (C=O) groups excluding carboxylic acids is 1. The van der Waals surface area contributed by atoms with Gasteiger partial charge in [-0.25, -0.2) is 4.79 Å². The molecule has 0 atom stereocenters. The Morgan fingerprint density at radius 1 is 1.08 bits per heavy atom. The van der Waals surface area contributed by atoms with Crippen molar-refractivity contribution in [2.24, 2.45) is 0 Å². The van der Waals surface area contributed by atoms with Gasteiger partial charge in [0.05, 0.1) is 5.56 Å². The lowest BCUT2D eigenvalue weighted by Gasteiger charge is -2.23. The highest BCUT2D eigenvalue weighted by atomic mass is 16.5. The number of rotatable bonds is 5. The Kier molecular flexibility index (Phi) is 5.32. The van der Waals surface area contributed by atoms with E-state index in [4.69, 9.17) is 9.84 Å². The highest BCUT2D eigenvalue weighted by Gasteiger charge is 2.21. The number of carboxylic acid groups (broad SMARTS) is 1. The molecular formula is C19H21NO5. The topological polar surface area (TPSA) is 95.9 Å². The third-order valence-electron chi connectivity index (χ3n) is 3.55. The highest BCUT2D eigenvalue weighted by molar-refractivity contribution is 5.92. The summed E-state index contributed by atoms with van der Waals surface area (Å²) in [5.74, 6) is -0.965. The second-order valence-electron chi connectivity index (χ2n) is 6.65. The molecule has 2 aromatic carbocycles. The minimum atomic E-state index is -1.06. The van der Waals surface area contributed by atoms with Gasteiger partial charge in [0.15, 0.2) is 6.61 Å². The average molecular weight is 343 g/mol. The van der Waals surface area contributed by atoms with E-state index < -0.39 is 5.97 Å². The molecule has 0 bridgehead atoms. The van der Waals surface area contributed by atoms with Crippen LogP contribution in [0.25, 0.3) is 0 Å². The van der Waals surface area contributed by atoms with Gasteiger partial charge in [-0.15, -0.1) is 0 Å². The number of aromatic hydroxyl groups is 1. The van der Waals surface area contributed by atoms with Crippen molar-refractivity contribution in [1.29, 1.82) is 0 Å². The number of anilines is 1. The van der Waals surface area contributed by atoms with Gasteiger partial charge >= 0.3 is 5.97 Å². The molecule has 0 aliphatic carbocycles. The summed E-state index contributed by atoms with van der Waals surface area (Å²) in [4.78, 5) is 23.2. The molecule has 0 aliphatic rings. The maximum Gasteiger partial charge on any atom is 0.335 e.